The highest BCUT2D eigenvalue weighted by Crippen LogP contribution is 2.17. The summed E-state index contributed by atoms with van der Waals surface area (Å²) in [4.78, 5) is 11.0. The highest BCUT2D eigenvalue weighted by molar-refractivity contribution is 5.90. The third kappa shape index (κ3) is 5.75. The molecule has 4 nitrogen and oxygen atoms in total. The molecule has 1 rings (SSSR count). The summed E-state index contributed by atoms with van der Waals surface area (Å²) in [5.41, 5.74) is 0.210. The van der Waals surface area contributed by atoms with Crippen molar-refractivity contribution in [2.75, 3.05) is 13.2 Å². The predicted octanol–water partition coefficient (Wildman–Crippen LogP) is 2.93. The number of aromatic carboxylic acids is 1. The lowest BCUT2D eigenvalue weighted by molar-refractivity contribution is 0.0692. The molecule has 1 aromatic rings. The van der Waals surface area contributed by atoms with Gasteiger partial charge in [0.15, 0.2) is 0 Å². The van der Waals surface area contributed by atoms with Gasteiger partial charge in [-0.3, -0.25) is 0 Å². The molecule has 4 heteroatoms. The van der Waals surface area contributed by atoms with Crippen molar-refractivity contribution < 1.29 is 14.6 Å². The summed E-state index contributed by atoms with van der Waals surface area (Å²) < 4.78 is 5.51. The molecule has 0 saturated heterocycles. The number of hydrogen-bond donors (Lipinski definition) is 2. The maximum Gasteiger partial charge on any atom is 0.339 e. The number of carboxylic acid groups (broad SMARTS) is 1. The normalized spacial score (nSPS) is 12.1. The summed E-state index contributed by atoms with van der Waals surface area (Å²) in [6.07, 6.45) is 3.58. The Hall–Kier alpha value is -1.55. The fourth-order valence-corrected chi connectivity index (χ4v) is 1.85. The molecule has 0 aliphatic heterocycles. The number of nitrogens with one attached hydrogen (secondary N) is 1. The monoisotopic (exact) mass is 265 g/mol. The Labute approximate surface area is 114 Å². The number of ether oxygens (including phenoxy) is 1. The molecule has 1 unspecified atom stereocenters. The summed E-state index contributed by atoms with van der Waals surface area (Å²) >= 11 is 0. The fraction of sp³-hybridized carbons (Fsp3) is 0.533. The molecule has 2 N–H and O–H groups in total. The molecule has 1 aromatic carbocycles. The zero-order valence-corrected chi connectivity index (χ0v) is 11.7. The van der Waals surface area contributed by atoms with Gasteiger partial charge >= 0.3 is 5.97 Å². The summed E-state index contributed by atoms with van der Waals surface area (Å²) in [6, 6.07) is 7.18. The SMILES string of the molecule is CCCCC(C)NCCOc1ccccc1C(=O)O. The number of carboxylic acids is 1. The molecular weight excluding hydrogens is 242 g/mol. The first kappa shape index (κ1) is 15.5. The number of hydrogen-bond acceptors (Lipinski definition) is 3. The van der Waals surface area contributed by atoms with E-state index in [2.05, 4.69) is 19.2 Å². The van der Waals surface area contributed by atoms with Crippen LogP contribution in [0.3, 0.4) is 0 Å². The van der Waals surface area contributed by atoms with E-state index < -0.39 is 5.97 Å². The molecule has 0 aliphatic rings. The van der Waals surface area contributed by atoms with E-state index in [1.54, 1.807) is 24.3 Å². The number of rotatable bonds is 9. The first-order valence-electron chi connectivity index (χ1n) is 6.83. The first-order valence-corrected chi connectivity index (χ1v) is 6.83. The van der Waals surface area contributed by atoms with Gasteiger partial charge in [-0.15, -0.1) is 0 Å². The van der Waals surface area contributed by atoms with Gasteiger partial charge in [0.1, 0.15) is 17.9 Å². The molecule has 0 bridgehead atoms. The quantitative estimate of drug-likeness (QED) is 0.674. The number of benzene rings is 1. The zero-order chi connectivity index (χ0) is 14.1. The van der Waals surface area contributed by atoms with Crippen molar-refractivity contribution in [1.29, 1.82) is 0 Å². The second-order valence-electron chi connectivity index (χ2n) is 4.65. The third-order valence-corrected chi connectivity index (χ3v) is 2.96. The molecule has 0 spiro atoms. The molecule has 0 aliphatic carbocycles. The van der Waals surface area contributed by atoms with Crippen LogP contribution in [0.15, 0.2) is 24.3 Å². The van der Waals surface area contributed by atoms with E-state index in [-0.39, 0.29) is 5.56 Å². The lowest BCUT2D eigenvalue weighted by Crippen LogP contribution is -2.30. The summed E-state index contributed by atoms with van der Waals surface area (Å²) in [5.74, 6) is -0.530. The second kappa shape index (κ2) is 8.53. The van der Waals surface area contributed by atoms with Crippen molar-refractivity contribution in [3.05, 3.63) is 29.8 Å². The molecular formula is C15H23NO3. The van der Waals surface area contributed by atoms with Crippen LogP contribution in [0, 0.1) is 0 Å². The minimum Gasteiger partial charge on any atom is -0.491 e. The van der Waals surface area contributed by atoms with Crippen molar-refractivity contribution in [3.8, 4) is 5.75 Å². The van der Waals surface area contributed by atoms with Gasteiger partial charge in [0.05, 0.1) is 0 Å². The van der Waals surface area contributed by atoms with Crippen LogP contribution in [-0.2, 0) is 0 Å². The van der Waals surface area contributed by atoms with Crippen molar-refractivity contribution in [2.24, 2.45) is 0 Å². The summed E-state index contributed by atoms with van der Waals surface area (Å²) in [7, 11) is 0. The van der Waals surface area contributed by atoms with Crippen molar-refractivity contribution in [1.82, 2.24) is 5.32 Å². The van der Waals surface area contributed by atoms with Crippen LogP contribution in [0.5, 0.6) is 5.75 Å². The van der Waals surface area contributed by atoms with Gasteiger partial charge in [0, 0.05) is 12.6 Å². The van der Waals surface area contributed by atoms with E-state index >= 15 is 0 Å². The molecule has 19 heavy (non-hydrogen) atoms. The Bertz CT molecular complexity index is 393. The second-order valence-corrected chi connectivity index (χ2v) is 4.65. The largest absolute Gasteiger partial charge is 0.491 e. The van der Waals surface area contributed by atoms with E-state index in [9.17, 15) is 4.79 Å². The molecule has 0 radical (unpaired) electrons. The molecule has 0 amide bonds. The van der Waals surface area contributed by atoms with Crippen LogP contribution in [0.2, 0.25) is 0 Å². The van der Waals surface area contributed by atoms with Gasteiger partial charge in [-0.25, -0.2) is 4.79 Å². The van der Waals surface area contributed by atoms with Crippen molar-refractivity contribution >= 4 is 5.97 Å². The molecule has 1 atom stereocenters. The summed E-state index contributed by atoms with van der Waals surface area (Å²) in [6.45, 7) is 5.53. The highest BCUT2D eigenvalue weighted by atomic mass is 16.5. The smallest absolute Gasteiger partial charge is 0.339 e. The Balaban J connectivity index is 2.31. The number of para-hydroxylation sites is 1. The standard InChI is InChI=1S/C15H23NO3/c1-3-4-7-12(2)16-10-11-19-14-9-6-5-8-13(14)15(17)18/h5-6,8-9,12,16H,3-4,7,10-11H2,1-2H3,(H,17,18). The van der Waals surface area contributed by atoms with E-state index in [1.165, 1.54) is 12.8 Å². The van der Waals surface area contributed by atoms with Gasteiger partial charge in [0.2, 0.25) is 0 Å². The Morgan fingerprint density at radius 3 is 2.84 bits per heavy atom. The Morgan fingerprint density at radius 1 is 1.42 bits per heavy atom. The maximum absolute atomic E-state index is 11.0. The van der Waals surface area contributed by atoms with Gasteiger partial charge < -0.3 is 15.2 Å². The Kier molecular flexibility index (Phi) is 6.97. The van der Waals surface area contributed by atoms with Crippen LogP contribution < -0.4 is 10.1 Å². The van der Waals surface area contributed by atoms with Gasteiger partial charge in [-0.1, -0.05) is 31.9 Å². The summed E-state index contributed by atoms with van der Waals surface area (Å²) in [5, 5.41) is 12.4. The predicted molar refractivity (Wildman–Crippen MR) is 75.9 cm³/mol. The van der Waals surface area contributed by atoms with Gasteiger partial charge in [-0.2, -0.15) is 0 Å². The van der Waals surface area contributed by atoms with E-state index in [1.807, 2.05) is 0 Å². The Morgan fingerprint density at radius 2 is 2.16 bits per heavy atom. The zero-order valence-electron chi connectivity index (χ0n) is 11.7. The van der Waals surface area contributed by atoms with Crippen LogP contribution in [0.25, 0.3) is 0 Å². The molecule has 0 heterocycles. The van der Waals surface area contributed by atoms with Gasteiger partial charge in [-0.05, 0) is 25.5 Å². The first-order chi connectivity index (χ1) is 9.15. The van der Waals surface area contributed by atoms with Crippen LogP contribution in [0.4, 0.5) is 0 Å². The molecule has 0 saturated carbocycles. The van der Waals surface area contributed by atoms with E-state index in [0.29, 0.717) is 18.4 Å². The minimum atomic E-state index is -0.958. The number of carbonyl (C=O) groups is 1. The van der Waals surface area contributed by atoms with Crippen molar-refractivity contribution in [3.63, 3.8) is 0 Å². The van der Waals surface area contributed by atoms with E-state index in [0.717, 1.165) is 13.0 Å². The maximum atomic E-state index is 11.0. The lowest BCUT2D eigenvalue weighted by atomic mass is 10.1. The number of unbranched alkanes of at least 4 members (excludes halogenated alkanes) is 1. The molecule has 0 aromatic heterocycles. The average Bonchev–Trinajstić information content (AvgIpc) is 2.41. The lowest BCUT2D eigenvalue weighted by Gasteiger charge is -2.14. The fourth-order valence-electron chi connectivity index (χ4n) is 1.85. The average molecular weight is 265 g/mol. The third-order valence-electron chi connectivity index (χ3n) is 2.96. The van der Waals surface area contributed by atoms with Crippen LogP contribution >= 0.6 is 0 Å². The van der Waals surface area contributed by atoms with Crippen molar-refractivity contribution in [2.45, 2.75) is 39.2 Å². The molecule has 106 valence electrons. The highest BCUT2D eigenvalue weighted by Gasteiger charge is 2.09. The van der Waals surface area contributed by atoms with Crippen LogP contribution in [0.1, 0.15) is 43.5 Å². The topological polar surface area (TPSA) is 58.6 Å². The van der Waals surface area contributed by atoms with E-state index in [4.69, 9.17) is 9.84 Å². The van der Waals surface area contributed by atoms with Crippen LogP contribution in [-0.4, -0.2) is 30.3 Å². The van der Waals surface area contributed by atoms with Gasteiger partial charge in [0.25, 0.3) is 0 Å². The minimum absolute atomic E-state index is 0.210. The molecule has 0 fully saturated rings.